The summed E-state index contributed by atoms with van der Waals surface area (Å²) in [6, 6.07) is 11.3. The van der Waals surface area contributed by atoms with E-state index in [4.69, 9.17) is 5.26 Å². The normalized spacial score (nSPS) is 10.6. The lowest BCUT2D eigenvalue weighted by Crippen LogP contribution is -2.24. The topological polar surface area (TPSA) is 71.6 Å². The molecule has 0 saturated carbocycles. The van der Waals surface area contributed by atoms with Gasteiger partial charge < -0.3 is 0 Å². The Kier molecular flexibility index (Phi) is 4.35. The van der Waals surface area contributed by atoms with Gasteiger partial charge in [0.25, 0.3) is 5.56 Å². The first-order chi connectivity index (χ1) is 11.2. The van der Waals surface area contributed by atoms with Gasteiger partial charge in [0.1, 0.15) is 5.82 Å². The number of rotatable bonds is 4. The molecule has 2 heterocycles. The van der Waals surface area contributed by atoms with Gasteiger partial charge in [-0.2, -0.15) is 5.26 Å². The van der Waals surface area contributed by atoms with Gasteiger partial charge in [-0.3, -0.25) is 9.36 Å². The Morgan fingerprint density at radius 3 is 2.78 bits per heavy atom. The van der Waals surface area contributed by atoms with Crippen LogP contribution in [0.2, 0.25) is 0 Å². The Hall–Kier alpha value is -2.72. The van der Waals surface area contributed by atoms with Crippen molar-refractivity contribution >= 4 is 22.8 Å². The van der Waals surface area contributed by atoms with Crippen LogP contribution in [0.1, 0.15) is 5.56 Å². The highest BCUT2D eigenvalue weighted by atomic mass is 32.2. The molecule has 0 N–H and O–H groups in total. The lowest BCUT2D eigenvalue weighted by molar-refractivity contribution is 0.622. The summed E-state index contributed by atoms with van der Waals surface area (Å²) in [6.45, 7) is 0.255. The van der Waals surface area contributed by atoms with Gasteiger partial charge in [0.2, 0.25) is 0 Å². The molecule has 0 bridgehead atoms. The zero-order valence-corrected chi connectivity index (χ0v) is 12.8. The lowest BCUT2D eigenvalue weighted by atomic mass is 10.2. The van der Waals surface area contributed by atoms with Gasteiger partial charge in [-0.05, 0) is 29.8 Å². The third kappa shape index (κ3) is 3.22. The number of pyridine rings is 1. The Bertz CT molecular complexity index is 947. The molecule has 23 heavy (non-hydrogen) atoms. The number of benzene rings is 1. The van der Waals surface area contributed by atoms with Gasteiger partial charge in [0, 0.05) is 6.20 Å². The lowest BCUT2D eigenvalue weighted by Gasteiger charge is -2.12. The molecule has 0 unspecified atom stereocenters. The fourth-order valence-electron chi connectivity index (χ4n) is 2.16. The van der Waals surface area contributed by atoms with Crippen molar-refractivity contribution in [3.8, 4) is 6.07 Å². The van der Waals surface area contributed by atoms with E-state index in [0.29, 0.717) is 16.2 Å². The minimum absolute atomic E-state index is 0.175. The molecule has 114 valence electrons. The van der Waals surface area contributed by atoms with Crippen molar-refractivity contribution in [2.24, 2.45) is 0 Å². The third-order valence-electron chi connectivity index (χ3n) is 3.21. The van der Waals surface area contributed by atoms with E-state index in [-0.39, 0.29) is 23.7 Å². The van der Waals surface area contributed by atoms with Gasteiger partial charge in [-0.1, -0.05) is 23.9 Å². The summed E-state index contributed by atoms with van der Waals surface area (Å²) in [6.07, 6.45) is 1.57. The molecule has 0 spiro atoms. The van der Waals surface area contributed by atoms with Crippen LogP contribution in [0.3, 0.4) is 0 Å². The number of hydrogen-bond donors (Lipinski definition) is 0. The van der Waals surface area contributed by atoms with Crippen molar-refractivity contribution in [1.29, 1.82) is 5.26 Å². The number of hydrogen-bond acceptors (Lipinski definition) is 5. The molecule has 3 rings (SSSR count). The van der Waals surface area contributed by atoms with Crippen LogP contribution in [0.25, 0.3) is 11.0 Å². The van der Waals surface area contributed by atoms with E-state index in [1.54, 1.807) is 30.5 Å². The molecule has 1 aromatic carbocycles. The quantitative estimate of drug-likeness (QED) is 0.544. The zero-order chi connectivity index (χ0) is 16.2. The average Bonchev–Trinajstić information content (AvgIpc) is 2.57. The van der Waals surface area contributed by atoms with Crippen LogP contribution in [-0.4, -0.2) is 20.3 Å². The molecule has 0 aliphatic carbocycles. The third-order valence-corrected chi connectivity index (χ3v) is 4.06. The van der Waals surface area contributed by atoms with Crippen molar-refractivity contribution in [1.82, 2.24) is 14.5 Å². The van der Waals surface area contributed by atoms with E-state index in [1.165, 1.54) is 28.5 Å². The Morgan fingerprint density at radius 2 is 2.04 bits per heavy atom. The van der Waals surface area contributed by atoms with E-state index < -0.39 is 0 Å². The minimum Gasteiger partial charge on any atom is -0.282 e. The number of halogens is 1. The van der Waals surface area contributed by atoms with Crippen LogP contribution in [0.5, 0.6) is 0 Å². The summed E-state index contributed by atoms with van der Waals surface area (Å²) < 4.78 is 14.5. The van der Waals surface area contributed by atoms with Crippen molar-refractivity contribution in [3.05, 3.63) is 64.3 Å². The van der Waals surface area contributed by atoms with E-state index in [1.807, 2.05) is 6.07 Å². The number of fused-ring (bicyclic) bond motifs is 1. The van der Waals surface area contributed by atoms with E-state index in [0.717, 1.165) is 5.56 Å². The maximum absolute atomic E-state index is 13.0. The Morgan fingerprint density at radius 1 is 1.26 bits per heavy atom. The van der Waals surface area contributed by atoms with Gasteiger partial charge in [-0.15, -0.1) is 0 Å². The van der Waals surface area contributed by atoms with Crippen molar-refractivity contribution in [3.63, 3.8) is 0 Å². The first-order valence-electron chi connectivity index (χ1n) is 6.79. The zero-order valence-electron chi connectivity index (χ0n) is 11.9. The first-order valence-corrected chi connectivity index (χ1v) is 7.77. The second-order valence-corrected chi connectivity index (χ2v) is 5.68. The predicted octanol–water partition coefficient (Wildman–Crippen LogP) is 2.59. The molecule has 2 aromatic heterocycles. The highest BCUT2D eigenvalue weighted by molar-refractivity contribution is 7.99. The molecular weight excluding hydrogens is 315 g/mol. The fraction of sp³-hybridized carbons (Fsp3) is 0.125. The molecular formula is C16H11FN4OS. The Balaban J connectivity index is 2.12. The van der Waals surface area contributed by atoms with Crippen LogP contribution in [0.15, 0.2) is 52.5 Å². The highest BCUT2D eigenvalue weighted by Gasteiger charge is 2.12. The second kappa shape index (κ2) is 6.58. The van der Waals surface area contributed by atoms with Crippen LogP contribution >= 0.6 is 11.8 Å². The Labute approximate surface area is 135 Å². The monoisotopic (exact) mass is 326 g/mol. The summed E-state index contributed by atoms with van der Waals surface area (Å²) in [5.41, 5.74) is 0.901. The van der Waals surface area contributed by atoms with Crippen LogP contribution < -0.4 is 5.56 Å². The molecule has 0 atom stereocenters. The molecule has 0 saturated heterocycles. The van der Waals surface area contributed by atoms with Gasteiger partial charge in [-0.25, -0.2) is 14.4 Å². The maximum atomic E-state index is 13.0. The average molecular weight is 326 g/mol. The SMILES string of the molecule is N#CCSc1nc2ncccc2c(=O)n1Cc1ccc(F)cc1. The second-order valence-electron chi connectivity index (χ2n) is 4.73. The fourth-order valence-corrected chi connectivity index (χ4v) is 2.80. The minimum atomic E-state index is -0.332. The number of nitrogens with zero attached hydrogens (tertiary/aromatic N) is 4. The highest BCUT2D eigenvalue weighted by Crippen LogP contribution is 2.17. The smallest absolute Gasteiger partial charge is 0.263 e. The molecule has 5 nitrogen and oxygen atoms in total. The summed E-state index contributed by atoms with van der Waals surface area (Å²) in [5.74, 6) is -0.158. The van der Waals surface area contributed by atoms with Crippen molar-refractivity contribution in [2.45, 2.75) is 11.7 Å². The standard InChI is InChI=1S/C16H11FN4OS/c17-12-5-3-11(4-6-12)10-21-15(22)13-2-1-8-19-14(13)20-16(21)23-9-7-18/h1-6,8H,9-10H2. The van der Waals surface area contributed by atoms with Gasteiger partial charge in [0.15, 0.2) is 10.8 Å². The van der Waals surface area contributed by atoms with Crippen molar-refractivity contribution in [2.75, 3.05) is 5.75 Å². The predicted molar refractivity (Wildman–Crippen MR) is 85.6 cm³/mol. The van der Waals surface area contributed by atoms with E-state index >= 15 is 0 Å². The van der Waals surface area contributed by atoms with Gasteiger partial charge >= 0.3 is 0 Å². The summed E-state index contributed by atoms with van der Waals surface area (Å²) in [4.78, 5) is 21.2. The molecule has 0 amide bonds. The van der Waals surface area contributed by atoms with Gasteiger partial charge in [0.05, 0.1) is 23.8 Å². The van der Waals surface area contributed by atoms with Crippen LogP contribution in [0.4, 0.5) is 4.39 Å². The maximum Gasteiger partial charge on any atom is 0.263 e. The number of aromatic nitrogens is 3. The molecule has 0 radical (unpaired) electrons. The molecule has 0 fully saturated rings. The first kappa shape index (κ1) is 15.2. The number of thioether (sulfide) groups is 1. The van der Waals surface area contributed by atoms with E-state index in [2.05, 4.69) is 9.97 Å². The molecule has 7 heteroatoms. The largest absolute Gasteiger partial charge is 0.282 e. The van der Waals surface area contributed by atoms with Crippen molar-refractivity contribution < 1.29 is 4.39 Å². The molecule has 0 aliphatic heterocycles. The van der Waals surface area contributed by atoms with Crippen LogP contribution in [0, 0.1) is 17.1 Å². The summed E-state index contributed by atoms with van der Waals surface area (Å²) in [5, 5.41) is 9.61. The molecule has 0 aliphatic rings. The summed E-state index contributed by atoms with van der Waals surface area (Å²) >= 11 is 1.18. The van der Waals surface area contributed by atoms with E-state index in [9.17, 15) is 9.18 Å². The summed E-state index contributed by atoms with van der Waals surface area (Å²) in [7, 11) is 0. The van der Waals surface area contributed by atoms with Crippen LogP contribution in [-0.2, 0) is 6.54 Å². The number of nitriles is 1. The molecule has 3 aromatic rings.